The van der Waals surface area contributed by atoms with Crippen LogP contribution in [0, 0.1) is 23.2 Å². The molecule has 0 saturated carbocycles. The molecular weight excluding hydrogens is 278 g/mol. The van der Waals surface area contributed by atoms with E-state index in [0.29, 0.717) is 18.4 Å². The summed E-state index contributed by atoms with van der Waals surface area (Å²) in [5.74, 6) is 0.792. The van der Waals surface area contributed by atoms with Crippen molar-refractivity contribution < 1.29 is 4.74 Å². The minimum atomic E-state index is -0.375. The maximum Gasteiger partial charge on any atom is 0.0938 e. The van der Waals surface area contributed by atoms with Gasteiger partial charge in [-0.15, -0.1) is 11.3 Å². The summed E-state index contributed by atoms with van der Waals surface area (Å²) in [6.07, 6.45) is 1.77. The van der Waals surface area contributed by atoms with Gasteiger partial charge >= 0.3 is 0 Å². The third-order valence-corrected chi connectivity index (χ3v) is 5.77. The first-order valence-electron chi connectivity index (χ1n) is 7.85. The number of nitriles is 1. The maximum absolute atomic E-state index is 9.78. The summed E-state index contributed by atoms with van der Waals surface area (Å²) in [4.78, 5) is 1.18. The number of nitrogens with zero attached hydrogens (tertiary/aromatic N) is 1. The third kappa shape index (κ3) is 4.31. The van der Waals surface area contributed by atoms with Gasteiger partial charge < -0.3 is 4.74 Å². The molecule has 2 nitrogen and oxygen atoms in total. The molecule has 0 aliphatic rings. The fourth-order valence-corrected chi connectivity index (χ4v) is 3.38. The largest absolute Gasteiger partial charge is 0.375 e. The van der Waals surface area contributed by atoms with Crippen molar-refractivity contribution in [1.29, 1.82) is 5.26 Å². The molecule has 0 saturated heterocycles. The van der Waals surface area contributed by atoms with Crippen LogP contribution in [0.2, 0.25) is 0 Å². The van der Waals surface area contributed by atoms with Crippen LogP contribution >= 0.6 is 11.3 Å². The summed E-state index contributed by atoms with van der Waals surface area (Å²) >= 11 is 1.69. The van der Waals surface area contributed by atoms with Crippen molar-refractivity contribution in [2.45, 2.75) is 65.4 Å². The molecule has 0 bridgehead atoms. The van der Waals surface area contributed by atoms with Gasteiger partial charge in [0.05, 0.1) is 17.1 Å². The number of hydrogen-bond acceptors (Lipinski definition) is 3. The van der Waals surface area contributed by atoms with Gasteiger partial charge in [-0.2, -0.15) is 5.26 Å². The molecule has 21 heavy (non-hydrogen) atoms. The lowest BCUT2D eigenvalue weighted by Crippen LogP contribution is -2.33. The van der Waals surface area contributed by atoms with Crippen molar-refractivity contribution in [1.82, 2.24) is 0 Å². The first kappa shape index (κ1) is 18.2. The Morgan fingerprint density at radius 1 is 1.24 bits per heavy atom. The Balaban J connectivity index is 2.67. The Morgan fingerprint density at radius 3 is 2.33 bits per heavy atom. The second-order valence-corrected chi connectivity index (χ2v) is 7.87. The summed E-state index contributed by atoms with van der Waals surface area (Å²) < 4.78 is 6.02. The van der Waals surface area contributed by atoms with Gasteiger partial charge in [-0.25, -0.2) is 0 Å². The number of thiophene rings is 1. The molecule has 3 heteroatoms. The van der Waals surface area contributed by atoms with E-state index in [1.165, 1.54) is 4.88 Å². The minimum Gasteiger partial charge on any atom is -0.375 e. The fraction of sp³-hybridized carbons (Fsp3) is 0.722. The summed E-state index contributed by atoms with van der Waals surface area (Å²) in [6.45, 7) is 13.6. The fourth-order valence-electron chi connectivity index (χ4n) is 2.32. The van der Waals surface area contributed by atoms with Gasteiger partial charge in [0, 0.05) is 11.5 Å². The normalized spacial score (nSPS) is 15.2. The average molecular weight is 308 g/mol. The Kier molecular flexibility index (Phi) is 6.43. The molecule has 0 fully saturated rings. The van der Waals surface area contributed by atoms with Crippen LogP contribution in [0.25, 0.3) is 0 Å². The predicted octanol–water partition coefficient (Wildman–Crippen LogP) is 5.40. The van der Waals surface area contributed by atoms with Crippen molar-refractivity contribution in [3.8, 4) is 6.07 Å². The highest BCUT2D eigenvalue weighted by atomic mass is 32.1. The first-order chi connectivity index (χ1) is 9.76. The quantitative estimate of drug-likeness (QED) is 0.603. The lowest BCUT2D eigenvalue weighted by atomic mass is 9.74. The zero-order chi connectivity index (χ0) is 16.1. The molecule has 0 aromatic carbocycles. The standard InChI is InChI=1S/C18H29NOS/c1-14(2)17(5,6)20-11-8-10-18(13-19,15(3)4)16-9-7-12-21-16/h7,9,12,14-15H,8,10-11H2,1-6H3. The molecule has 0 aliphatic heterocycles. The molecule has 1 unspecified atom stereocenters. The molecule has 0 amide bonds. The number of rotatable bonds is 8. The summed E-state index contributed by atoms with van der Waals surface area (Å²) in [5, 5.41) is 11.8. The highest BCUT2D eigenvalue weighted by Gasteiger charge is 2.36. The van der Waals surface area contributed by atoms with Gasteiger partial charge in [0.1, 0.15) is 0 Å². The van der Waals surface area contributed by atoms with Crippen LogP contribution in [0.4, 0.5) is 0 Å². The van der Waals surface area contributed by atoms with Crippen molar-refractivity contribution in [3.05, 3.63) is 22.4 Å². The monoisotopic (exact) mass is 307 g/mol. The molecular formula is C18H29NOS. The van der Waals surface area contributed by atoms with Crippen LogP contribution < -0.4 is 0 Å². The highest BCUT2D eigenvalue weighted by Crippen LogP contribution is 2.39. The van der Waals surface area contributed by atoms with Gasteiger partial charge in [0.25, 0.3) is 0 Å². The second-order valence-electron chi connectivity index (χ2n) is 6.93. The van der Waals surface area contributed by atoms with E-state index in [9.17, 15) is 5.26 Å². The topological polar surface area (TPSA) is 33.0 Å². The van der Waals surface area contributed by atoms with Crippen LogP contribution in [-0.2, 0) is 10.2 Å². The van der Waals surface area contributed by atoms with Gasteiger partial charge in [0.2, 0.25) is 0 Å². The van der Waals surface area contributed by atoms with E-state index < -0.39 is 0 Å². The first-order valence-corrected chi connectivity index (χ1v) is 8.73. The molecule has 118 valence electrons. The highest BCUT2D eigenvalue weighted by molar-refractivity contribution is 7.10. The molecule has 0 aliphatic carbocycles. The molecule has 1 aromatic rings. The van der Waals surface area contributed by atoms with E-state index in [4.69, 9.17) is 4.74 Å². The van der Waals surface area contributed by atoms with E-state index in [1.807, 2.05) is 6.07 Å². The molecule has 1 atom stereocenters. The van der Waals surface area contributed by atoms with E-state index in [0.717, 1.165) is 12.8 Å². The molecule has 0 radical (unpaired) electrons. The van der Waals surface area contributed by atoms with E-state index in [-0.39, 0.29) is 11.0 Å². The minimum absolute atomic E-state index is 0.101. The zero-order valence-electron chi connectivity index (χ0n) is 14.3. The lowest BCUT2D eigenvalue weighted by molar-refractivity contribution is -0.0526. The Hall–Kier alpha value is -0.850. The van der Waals surface area contributed by atoms with Gasteiger partial charge in [-0.3, -0.25) is 0 Å². The molecule has 0 N–H and O–H groups in total. The number of ether oxygens (including phenoxy) is 1. The zero-order valence-corrected chi connectivity index (χ0v) is 15.1. The van der Waals surface area contributed by atoms with E-state index in [2.05, 4.69) is 59.1 Å². The molecule has 0 spiro atoms. The van der Waals surface area contributed by atoms with Crippen molar-refractivity contribution >= 4 is 11.3 Å². The second kappa shape index (κ2) is 7.42. The van der Waals surface area contributed by atoms with E-state index >= 15 is 0 Å². The maximum atomic E-state index is 9.78. The van der Waals surface area contributed by atoms with Gasteiger partial charge in [-0.05, 0) is 50.0 Å². The lowest BCUT2D eigenvalue weighted by Gasteiger charge is -2.32. The van der Waals surface area contributed by atoms with Crippen LogP contribution in [0.3, 0.4) is 0 Å². The average Bonchev–Trinajstić information content (AvgIpc) is 2.93. The number of hydrogen-bond donors (Lipinski definition) is 0. The van der Waals surface area contributed by atoms with Crippen molar-refractivity contribution in [2.24, 2.45) is 11.8 Å². The van der Waals surface area contributed by atoms with E-state index in [1.54, 1.807) is 11.3 Å². The molecule has 1 rings (SSSR count). The Bertz CT molecular complexity index is 456. The van der Waals surface area contributed by atoms with Gasteiger partial charge in [0.15, 0.2) is 0 Å². The summed E-state index contributed by atoms with van der Waals surface area (Å²) in [6, 6.07) is 6.72. The van der Waals surface area contributed by atoms with Crippen LogP contribution in [0.15, 0.2) is 17.5 Å². The summed E-state index contributed by atoms with van der Waals surface area (Å²) in [5.41, 5.74) is -0.477. The summed E-state index contributed by atoms with van der Waals surface area (Å²) in [7, 11) is 0. The molecule has 1 aromatic heterocycles. The third-order valence-electron chi connectivity index (χ3n) is 4.73. The van der Waals surface area contributed by atoms with Gasteiger partial charge in [-0.1, -0.05) is 33.8 Å². The molecule has 1 heterocycles. The van der Waals surface area contributed by atoms with Crippen molar-refractivity contribution in [3.63, 3.8) is 0 Å². The van der Waals surface area contributed by atoms with Crippen LogP contribution in [0.5, 0.6) is 0 Å². The van der Waals surface area contributed by atoms with Crippen molar-refractivity contribution in [2.75, 3.05) is 6.61 Å². The Morgan fingerprint density at radius 2 is 1.90 bits per heavy atom. The smallest absolute Gasteiger partial charge is 0.0938 e. The Labute approximate surface area is 134 Å². The predicted molar refractivity (Wildman–Crippen MR) is 90.6 cm³/mol. The SMILES string of the molecule is CC(C)C(C)(C)OCCCC(C#N)(c1cccs1)C(C)C. The van der Waals surface area contributed by atoms with Crippen LogP contribution in [-0.4, -0.2) is 12.2 Å². The van der Waals surface area contributed by atoms with Crippen LogP contribution in [0.1, 0.15) is 59.3 Å².